The molecule has 2 aromatic heterocycles. The van der Waals surface area contributed by atoms with Crippen molar-refractivity contribution < 1.29 is 13.9 Å². The second kappa shape index (κ2) is 7.45. The quantitative estimate of drug-likeness (QED) is 0.462. The first-order chi connectivity index (χ1) is 12.0. The number of oxazole rings is 1. The van der Waals surface area contributed by atoms with Crippen molar-refractivity contribution in [3.8, 4) is 0 Å². The first-order valence-corrected chi connectivity index (χ1v) is 9.18. The molecule has 0 aliphatic carbocycles. The van der Waals surface area contributed by atoms with Gasteiger partial charge in [-0.2, -0.15) is 0 Å². The molecule has 2 heterocycles. The van der Waals surface area contributed by atoms with Crippen molar-refractivity contribution in [3.63, 3.8) is 0 Å². The van der Waals surface area contributed by atoms with Crippen molar-refractivity contribution in [1.29, 1.82) is 0 Å². The van der Waals surface area contributed by atoms with Crippen LogP contribution < -0.4 is 0 Å². The summed E-state index contributed by atoms with van der Waals surface area (Å²) in [7, 11) is 1.69. The maximum atomic E-state index is 12.7. The maximum Gasteiger partial charge on any atom is 0.257 e. The minimum Gasteiger partial charge on any atom is -0.431 e. The zero-order valence-corrected chi connectivity index (χ0v) is 15.7. The van der Waals surface area contributed by atoms with Crippen molar-refractivity contribution in [2.45, 2.75) is 32.0 Å². The minimum atomic E-state index is 0.0798. The summed E-state index contributed by atoms with van der Waals surface area (Å²) < 4.78 is 13.1. The van der Waals surface area contributed by atoms with E-state index in [1.165, 1.54) is 11.8 Å². The third-order valence-corrected chi connectivity index (χ3v) is 5.06. The van der Waals surface area contributed by atoms with Crippen molar-refractivity contribution in [2.24, 2.45) is 0 Å². The molecule has 3 aromatic rings. The third kappa shape index (κ3) is 3.65. The van der Waals surface area contributed by atoms with Gasteiger partial charge in [-0.05, 0) is 39.0 Å². The van der Waals surface area contributed by atoms with Gasteiger partial charge in [0.1, 0.15) is 5.52 Å². The average Bonchev–Trinajstić information content (AvgIpc) is 3.13. The highest BCUT2D eigenvalue weighted by atomic mass is 32.2. The molecule has 0 saturated carbocycles. The number of fused-ring (bicyclic) bond motifs is 1. The van der Waals surface area contributed by atoms with Crippen LogP contribution in [0.5, 0.6) is 0 Å². The Balaban J connectivity index is 1.74. The first-order valence-electron chi connectivity index (χ1n) is 8.20. The maximum absolute atomic E-state index is 12.7. The predicted molar refractivity (Wildman–Crippen MR) is 99.6 cm³/mol. The van der Waals surface area contributed by atoms with Crippen LogP contribution in [-0.2, 0) is 4.74 Å². The Hall–Kier alpha value is -2.05. The third-order valence-electron chi connectivity index (χ3n) is 4.23. The number of aromatic nitrogens is 2. The fourth-order valence-electron chi connectivity index (χ4n) is 3.17. The lowest BCUT2D eigenvalue weighted by atomic mass is 10.2. The van der Waals surface area contributed by atoms with Crippen molar-refractivity contribution in [2.75, 3.05) is 19.5 Å². The number of thioether (sulfide) groups is 1. The minimum absolute atomic E-state index is 0.0798. The van der Waals surface area contributed by atoms with Gasteiger partial charge in [0.15, 0.2) is 11.4 Å². The van der Waals surface area contributed by atoms with Crippen LogP contribution in [-0.4, -0.2) is 34.8 Å². The van der Waals surface area contributed by atoms with E-state index in [0.717, 1.165) is 28.1 Å². The van der Waals surface area contributed by atoms with E-state index in [4.69, 9.17) is 9.15 Å². The molecule has 0 amide bonds. The highest BCUT2D eigenvalue weighted by molar-refractivity contribution is 7.99. The molecule has 0 aliphatic heterocycles. The van der Waals surface area contributed by atoms with Crippen molar-refractivity contribution in [3.05, 3.63) is 47.3 Å². The number of hydrogen-bond donors (Lipinski definition) is 0. The summed E-state index contributed by atoms with van der Waals surface area (Å²) in [6.07, 6.45) is 0. The number of ketones is 1. The van der Waals surface area contributed by atoms with E-state index in [0.29, 0.717) is 17.6 Å². The molecular formula is C19H22N2O3S. The van der Waals surface area contributed by atoms with Crippen LogP contribution in [0.3, 0.4) is 0 Å². The van der Waals surface area contributed by atoms with Crippen LogP contribution in [0.4, 0.5) is 0 Å². The van der Waals surface area contributed by atoms with E-state index in [1.807, 2.05) is 44.2 Å². The molecule has 25 heavy (non-hydrogen) atoms. The van der Waals surface area contributed by atoms with E-state index < -0.39 is 0 Å². The summed E-state index contributed by atoms with van der Waals surface area (Å²) >= 11 is 1.33. The largest absolute Gasteiger partial charge is 0.431 e. The van der Waals surface area contributed by atoms with Gasteiger partial charge in [-0.15, -0.1) is 0 Å². The van der Waals surface area contributed by atoms with Crippen LogP contribution in [0.2, 0.25) is 0 Å². The van der Waals surface area contributed by atoms with Crippen LogP contribution >= 0.6 is 11.8 Å². The Morgan fingerprint density at radius 3 is 2.84 bits per heavy atom. The van der Waals surface area contributed by atoms with E-state index in [-0.39, 0.29) is 11.8 Å². The molecule has 0 bridgehead atoms. The number of rotatable bonds is 7. The van der Waals surface area contributed by atoms with Gasteiger partial charge in [0.2, 0.25) is 0 Å². The Morgan fingerprint density at radius 2 is 2.12 bits per heavy atom. The summed E-state index contributed by atoms with van der Waals surface area (Å²) in [5.74, 6) is 0.381. The molecule has 1 atom stereocenters. The van der Waals surface area contributed by atoms with E-state index in [9.17, 15) is 4.79 Å². The number of para-hydroxylation sites is 2. The zero-order chi connectivity index (χ0) is 18.0. The fraction of sp³-hybridized carbons (Fsp3) is 0.368. The first kappa shape index (κ1) is 17.8. The number of methoxy groups -OCH3 is 1. The van der Waals surface area contributed by atoms with E-state index >= 15 is 0 Å². The normalized spacial score (nSPS) is 12.6. The molecule has 0 N–H and O–H groups in total. The lowest BCUT2D eigenvalue weighted by Crippen LogP contribution is -2.14. The second-order valence-electron chi connectivity index (χ2n) is 6.12. The molecule has 0 spiro atoms. The molecule has 0 radical (unpaired) electrons. The monoisotopic (exact) mass is 358 g/mol. The lowest BCUT2D eigenvalue weighted by Gasteiger charge is -2.17. The number of ether oxygens (including phenoxy) is 1. The van der Waals surface area contributed by atoms with Gasteiger partial charge < -0.3 is 13.7 Å². The van der Waals surface area contributed by atoms with E-state index in [2.05, 4.69) is 16.5 Å². The van der Waals surface area contributed by atoms with Crippen LogP contribution in [0.15, 0.2) is 40.0 Å². The number of Topliss-reactive ketones (excluding diaryl/α,β-unsaturated/α-hetero) is 1. The summed E-state index contributed by atoms with van der Waals surface area (Å²) in [6, 6.07) is 9.74. The highest BCUT2D eigenvalue weighted by Crippen LogP contribution is 2.26. The van der Waals surface area contributed by atoms with Crippen LogP contribution in [0, 0.1) is 13.8 Å². The zero-order valence-electron chi connectivity index (χ0n) is 14.9. The SMILES string of the molecule is COC[C@H](C)n1c(C)cc(C(=O)CSc2nc3ccccc3o2)c1C. The van der Waals surface area contributed by atoms with Crippen molar-refractivity contribution >= 4 is 28.6 Å². The molecule has 132 valence electrons. The fourth-order valence-corrected chi connectivity index (χ4v) is 3.89. The molecule has 0 unspecified atom stereocenters. The van der Waals surface area contributed by atoms with Gasteiger partial charge in [-0.3, -0.25) is 4.79 Å². The van der Waals surface area contributed by atoms with Gasteiger partial charge in [0, 0.05) is 24.1 Å². The number of carbonyl (C=O) groups excluding carboxylic acids is 1. The summed E-state index contributed by atoms with van der Waals surface area (Å²) in [5.41, 5.74) is 4.35. The highest BCUT2D eigenvalue weighted by Gasteiger charge is 2.19. The summed E-state index contributed by atoms with van der Waals surface area (Å²) in [4.78, 5) is 17.1. The Morgan fingerprint density at radius 1 is 1.36 bits per heavy atom. The number of nitrogens with zero attached hydrogens (tertiary/aromatic N) is 2. The van der Waals surface area contributed by atoms with Gasteiger partial charge in [0.05, 0.1) is 18.4 Å². The molecule has 0 aliphatic rings. The summed E-state index contributed by atoms with van der Waals surface area (Å²) in [6.45, 7) is 6.70. The van der Waals surface area contributed by atoms with Gasteiger partial charge in [0.25, 0.3) is 5.22 Å². The van der Waals surface area contributed by atoms with Gasteiger partial charge in [-0.25, -0.2) is 4.98 Å². The second-order valence-corrected chi connectivity index (χ2v) is 7.05. The standard InChI is InChI=1S/C19H22N2O3S/c1-12-9-15(14(3)21(12)13(2)10-23-4)17(22)11-25-19-20-16-7-5-6-8-18(16)24-19/h5-9,13H,10-11H2,1-4H3/t13-/m0/s1. The van der Waals surface area contributed by atoms with E-state index in [1.54, 1.807) is 7.11 Å². The lowest BCUT2D eigenvalue weighted by molar-refractivity contribution is 0.102. The number of hydrogen-bond acceptors (Lipinski definition) is 5. The van der Waals surface area contributed by atoms with Crippen LogP contribution in [0.1, 0.15) is 34.7 Å². The van der Waals surface area contributed by atoms with Gasteiger partial charge >= 0.3 is 0 Å². The molecule has 0 saturated heterocycles. The smallest absolute Gasteiger partial charge is 0.257 e. The Labute approximate surface area is 151 Å². The molecule has 0 fully saturated rings. The predicted octanol–water partition coefficient (Wildman–Crippen LogP) is 4.43. The number of aryl methyl sites for hydroxylation is 1. The van der Waals surface area contributed by atoms with Crippen molar-refractivity contribution in [1.82, 2.24) is 9.55 Å². The Bertz CT molecular complexity index is 864. The van der Waals surface area contributed by atoms with Crippen LogP contribution in [0.25, 0.3) is 11.1 Å². The molecule has 5 nitrogen and oxygen atoms in total. The topological polar surface area (TPSA) is 57.3 Å². The molecule has 1 aromatic carbocycles. The number of benzene rings is 1. The number of carbonyl (C=O) groups is 1. The van der Waals surface area contributed by atoms with Gasteiger partial charge in [-0.1, -0.05) is 23.9 Å². The summed E-state index contributed by atoms with van der Waals surface area (Å²) in [5, 5.41) is 0.524. The molecule has 6 heteroatoms. The Kier molecular flexibility index (Phi) is 5.30. The average molecular weight is 358 g/mol. The molecule has 3 rings (SSSR count). The molecular weight excluding hydrogens is 336 g/mol.